The number of carbonyl (C=O) groups is 1. The van der Waals surface area contributed by atoms with E-state index in [0.29, 0.717) is 43.1 Å². The fourth-order valence-electron chi connectivity index (χ4n) is 3.84. The van der Waals surface area contributed by atoms with Gasteiger partial charge in [0, 0.05) is 50.3 Å². The second kappa shape index (κ2) is 10.7. The summed E-state index contributed by atoms with van der Waals surface area (Å²) in [7, 11) is -3.61. The number of amides is 1. The van der Waals surface area contributed by atoms with Crippen molar-refractivity contribution in [1.29, 1.82) is 0 Å². The highest BCUT2D eigenvalue weighted by molar-refractivity contribution is 7.89. The first-order chi connectivity index (χ1) is 16.2. The second-order valence-corrected chi connectivity index (χ2v) is 9.71. The molecule has 3 rings (SSSR count). The number of aromatic nitrogens is 2. The third-order valence-electron chi connectivity index (χ3n) is 5.51. The highest BCUT2D eigenvalue weighted by Crippen LogP contribution is 2.24. The van der Waals surface area contributed by atoms with Crippen LogP contribution in [0.2, 0.25) is 0 Å². The van der Waals surface area contributed by atoms with Crippen LogP contribution in [-0.2, 0) is 27.8 Å². The Kier molecular flexibility index (Phi) is 8.00. The largest absolute Gasteiger partial charge is 0.328 e. The first-order valence-corrected chi connectivity index (χ1v) is 12.7. The predicted molar refractivity (Wildman–Crippen MR) is 130 cm³/mol. The molecule has 0 fully saturated rings. The van der Waals surface area contributed by atoms with E-state index in [2.05, 4.69) is 10.3 Å². The van der Waals surface area contributed by atoms with Crippen LogP contribution in [0.15, 0.2) is 47.4 Å². The Morgan fingerprint density at radius 1 is 1.15 bits per heavy atom. The Hall–Kier alpha value is -3.31. The van der Waals surface area contributed by atoms with Crippen LogP contribution in [0.5, 0.6) is 0 Å². The third-order valence-corrected chi connectivity index (χ3v) is 7.55. The Balaban J connectivity index is 1.83. The van der Waals surface area contributed by atoms with Gasteiger partial charge < -0.3 is 9.88 Å². The lowest BCUT2D eigenvalue weighted by Gasteiger charge is -2.18. The highest BCUT2D eigenvalue weighted by atomic mass is 32.2. The molecule has 0 saturated carbocycles. The summed E-state index contributed by atoms with van der Waals surface area (Å²) in [5.41, 5.74) is 1.63. The number of nitro benzene ring substituents is 1. The van der Waals surface area contributed by atoms with E-state index in [1.54, 1.807) is 38.1 Å². The molecule has 0 radical (unpaired) electrons. The Morgan fingerprint density at radius 2 is 1.88 bits per heavy atom. The van der Waals surface area contributed by atoms with E-state index >= 15 is 0 Å². The molecule has 1 heterocycles. The lowest BCUT2D eigenvalue weighted by atomic mass is 10.2. The number of sulfonamides is 1. The smallest absolute Gasteiger partial charge is 0.271 e. The van der Waals surface area contributed by atoms with Gasteiger partial charge in [-0.3, -0.25) is 14.9 Å². The number of benzene rings is 2. The zero-order valence-corrected chi connectivity index (χ0v) is 20.3. The van der Waals surface area contributed by atoms with Gasteiger partial charge in [0.1, 0.15) is 5.82 Å². The monoisotopic (exact) mass is 487 g/mol. The van der Waals surface area contributed by atoms with Crippen LogP contribution < -0.4 is 5.32 Å². The second-order valence-electron chi connectivity index (χ2n) is 7.78. The number of carbonyl (C=O) groups excluding carboxylic acids is 1. The fourth-order valence-corrected chi connectivity index (χ4v) is 5.32. The number of non-ortho nitro benzene ring substituents is 1. The van der Waals surface area contributed by atoms with E-state index in [0.717, 1.165) is 11.9 Å². The molecule has 0 spiro atoms. The molecule has 0 aliphatic carbocycles. The molecule has 182 valence electrons. The lowest BCUT2D eigenvalue weighted by Crippen LogP contribution is -2.30. The van der Waals surface area contributed by atoms with E-state index in [1.807, 2.05) is 11.5 Å². The number of anilines is 1. The van der Waals surface area contributed by atoms with E-state index in [-0.39, 0.29) is 22.9 Å². The predicted octanol–water partition coefficient (Wildman–Crippen LogP) is 3.96. The van der Waals surface area contributed by atoms with Crippen LogP contribution >= 0.6 is 0 Å². The maximum Gasteiger partial charge on any atom is 0.271 e. The molecule has 10 nitrogen and oxygen atoms in total. The van der Waals surface area contributed by atoms with E-state index < -0.39 is 14.9 Å². The standard InChI is InChI=1S/C23H29N5O5S/c1-4-14-27-21-11-10-19(34(32,33)26(5-2)6-3)16-20(21)25-22(27)12-13-23(29)24-17-8-7-9-18(15-17)28(30)31/h7-11,15-16H,4-6,12-14H2,1-3H3,(H,24,29). The molecule has 34 heavy (non-hydrogen) atoms. The molecule has 0 unspecified atom stereocenters. The number of hydrogen-bond donors (Lipinski definition) is 1. The third kappa shape index (κ3) is 5.42. The molecular weight excluding hydrogens is 458 g/mol. The van der Waals surface area contributed by atoms with Gasteiger partial charge in [-0.25, -0.2) is 13.4 Å². The number of nitro groups is 1. The first kappa shape index (κ1) is 25.3. The molecule has 1 amide bonds. The zero-order chi connectivity index (χ0) is 24.9. The van der Waals surface area contributed by atoms with Crippen molar-refractivity contribution in [3.8, 4) is 0 Å². The van der Waals surface area contributed by atoms with Crippen molar-refractivity contribution in [2.45, 2.75) is 51.5 Å². The first-order valence-electron chi connectivity index (χ1n) is 11.2. The van der Waals surface area contributed by atoms with Gasteiger partial charge in [-0.05, 0) is 30.7 Å². The SMILES string of the molecule is CCCn1c(CCC(=O)Nc2cccc([N+](=O)[O-])c2)nc2cc(S(=O)(=O)N(CC)CC)ccc21. The van der Waals surface area contributed by atoms with Gasteiger partial charge in [0.2, 0.25) is 15.9 Å². The quantitative estimate of drug-likeness (QED) is 0.322. The van der Waals surface area contributed by atoms with Crippen molar-refractivity contribution >= 4 is 38.3 Å². The van der Waals surface area contributed by atoms with E-state index in [1.165, 1.54) is 22.5 Å². The molecule has 0 atom stereocenters. The van der Waals surface area contributed by atoms with Gasteiger partial charge in [0.25, 0.3) is 5.69 Å². The van der Waals surface area contributed by atoms with Crippen molar-refractivity contribution < 1.29 is 18.1 Å². The minimum absolute atomic E-state index is 0.0991. The Labute approximate surface area is 198 Å². The van der Waals surface area contributed by atoms with Crippen molar-refractivity contribution in [2.75, 3.05) is 18.4 Å². The van der Waals surface area contributed by atoms with Gasteiger partial charge >= 0.3 is 0 Å². The van der Waals surface area contributed by atoms with Crippen LogP contribution in [-0.4, -0.2) is 46.2 Å². The number of nitrogens with one attached hydrogen (secondary N) is 1. The molecule has 0 bridgehead atoms. The topological polar surface area (TPSA) is 127 Å². The molecule has 1 N–H and O–H groups in total. The minimum atomic E-state index is -3.61. The van der Waals surface area contributed by atoms with Crippen LogP contribution in [0.25, 0.3) is 11.0 Å². The summed E-state index contributed by atoms with van der Waals surface area (Å²) >= 11 is 0. The normalized spacial score (nSPS) is 11.8. The van der Waals surface area contributed by atoms with Gasteiger partial charge in [0.15, 0.2) is 0 Å². The summed E-state index contributed by atoms with van der Waals surface area (Å²) < 4.78 is 29.2. The molecule has 1 aromatic heterocycles. The number of aryl methyl sites for hydroxylation is 2. The van der Waals surface area contributed by atoms with Crippen LogP contribution in [0.4, 0.5) is 11.4 Å². The van der Waals surface area contributed by atoms with Gasteiger partial charge in [-0.15, -0.1) is 0 Å². The van der Waals surface area contributed by atoms with E-state index in [9.17, 15) is 23.3 Å². The van der Waals surface area contributed by atoms with Crippen LogP contribution in [0.3, 0.4) is 0 Å². The van der Waals surface area contributed by atoms with Crippen molar-refractivity contribution in [3.63, 3.8) is 0 Å². The fraction of sp³-hybridized carbons (Fsp3) is 0.391. The van der Waals surface area contributed by atoms with E-state index in [4.69, 9.17) is 0 Å². The lowest BCUT2D eigenvalue weighted by molar-refractivity contribution is -0.384. The molecule has 0 aliphatic heterocycles. The number of rotatable bonds is 11. The number of fused-ring (bicyclic) bond motifs is 1. The Morgan fingerprint density at radius 3 is 2.53 bits per heavy atom. The molecule has 0 saturated heterocycles. The van der Waals surface area contributed by atoms with Gasteiger partial charge in [-0.2, -0.15) is 4.31 Å². The molecular formula is C23H29N5O5S. The van der Waals surface area contributed by atoms with Crippen LogP contribution in [0.1, 0.15) is 39.4 Å². The average molecular weight is 488 g/mol. The summed E-state index contributed by atoms with van der Waals surface area (Å²) in [6.45, 7) is 7.07. The summed E-state index contributed by atoms with van der Waals surface area (Å²) in [5.74, 6) is 0.392. The summed E-state index contributed by atoms with van der Waals surface area (Å²) in [6.07, 6.45) is 1.31. The number of nitrogens with zero attached hydrogens (tertiary/aromatic N) is 4. The zero-order valence-electron chi connectivity index (χ0n) is 19.5. The summed E-state index contributed by atoms with van der Waals surface area (Å²) in [5, 5.41) is 13.6. The summed E-state index contributed by atoms with van der Waals surface area (Å²) in [6, 6.07) is 10.7. The molecule has 11 heteroatoms. The van der Waals surface area contributed by atoms with Crippen LogP contribution in [0, 0.1) is 10.1 Å². The van der Waals surface area contributed by atoms with Crippen molar-refractivity contribution in [1.82, 2.24) is 13.9 Å². The van der Waals surface area contributed by atoms with Gasteiger partial charge in [-0.1, -0.05) is 26.8 Å². The van der Waals surface area contributed by atoms with Crippen molar-refractivity contribution in [3.05, 3.63) is 58.4 Å². The molecule has 3 aromatic rings. The highest BCUT2D eigenvalue weighted by Gasteiger charge is 2.23. The van der Waals surface area contributed by atoms with Gasteiger partial charge in [0.05, 0.1) is 20.9 Å². The Bertz CT molecular complexity index is 1300. The molecule has 0 aliphatic rings. The summed E-state index contributed by atoms with van der Waals surface area (Å²) in [4.78, 5) is 27.7. The number of imidazole rings is 1. The minimum Gasteiger partial charge on any atom is -0.328 e. The average Bonchev–Trinajstić information content (AvgIpc) is 3.15. The maximum atomic E-state index is 12.9. The maximum absolute atomic E-state index is 12.9. The van der Waals surface area contributed by atoms with Crippen molar-refractivity contribution in [2.24, 2.45) is 0 Å². The molecule has 2 aromatic carbocycles. The number of hydrogen-bond acceptors (Lipinski definition) is 6.